The average Bonchev–Trinajstić information content (AvgIpc) is 2.16. The second-order valence-electron chi connectivity index (χ2n) is 2.80. The third-order valence-corrected chi connectivity index (χ3v) is 2.70. The van der Waals surface area contributed by atoms with Gasteiger partial charge in [0.05, 0.1) is 5.69 Å². The van der Waals surface area contributed by atoms with E-state index in [4.69, 9.17) is 11.6 Å². The number of halogens is 4. The number of alkyl halides is 3. The van der Waals surface area contributed by atoms with Crippen LogP contribution in [-0.4, -0.2) is 18.3 Å². The van der Waals surface area contributed by atoms with Gasteiger partial charge in [-0.15, -0.1) is 11.8 Å². The van der Waals surface area contributed by atoms with Crippen molar-refractivity contribution in [3.63, 3.8) is 0 Å². The van der Waals surface area contributed by atoms with Gasteiger partial charge in [-0.05, 0) is 24.5 Å². The number of thioether (sulfide) groups is 1. The molecule has 0 aromatic heterocycles. The fourth-order valence-electron chi connectivity index (χ4n) is 0.971. The van der Waals surface area contributed by atoms with Crippen molar-refractivity contribution in [2.75, 3.05) is 11.6 Å². The van der Waals surface area contributed by atoms with E-state index < -0.39 is 12.1 Å². The summed E-state index contributed by atoms with van der Waals surface area (Å²) in [4.78, 5) is 11.2. The standard InChI is InChI=1S/C9H7ClF3NOS/c1-16-7-3-2-5(10)4-6(7)14-8(15)9(11,12)13/h2-4H,1H3,(H,14,15). The summed E-state index contributed by atoms with van der Waals surface area (Å²) in [6, 6.07) is 4.35. The minimum Gasteiger partial charge on any atom is -0.317 e. The topological polar surface area (TPSA) is 29.1 Å². The zero-order chi connectivity index (χ0) is 12.3. The summed E-state index contributed by atoms with van der Waals surface area (Å²) in [5, 5.41) is 2.03. The van der Waals surface area contributed by atoms with Crippen LogP contribution in [0.15, 0.2) is 23.1 Å². The van der Waals surface area contributed by atoms with Crippen molar-refractivity contribution in [2.24, 2.45) is 0 Å². The van der Waals surface area contributed by atoms with E-state index >= 15 is 0 Å². The second kappa shape index (κ2) is 4.97. The molecule has 7 heteroatoms. The Balaban J connectivity index is 2.96. The van der Waals surface area contributed by atoms with Gasteiger partial charge in [0, 0.05) is 9.92 Å². The Morgan fingerprint density at radius 1 is 1.44 bits per heavy atom. The summed E-state index contributed by atoms with van der Waals surface area (Å²) < 4.78 is 36.1. The Bertz CT molecular complexity index is 408. The van der Waals surface area contributed by atoms with Gasteiger partial charge in [-0.1, -0.05) is 11.6 Å². The summed E-state index contributed by atoms with van der Waals surface area (Å²) in [7, 11) is 0. The molecule has 0 fully saturated rings. The summed E-state index contributed by atoms with van der Waals surface area (Å²) in [5.41, 5.74) is 0.0577. The first-order valence-corrected chi connectivity index (χ1v) is 5.66. The van der Waals surface area contributed by atoms with Gasteiger partial charge >= 0.3 is 12.1 Å². The lowest BCUT2D eigenvalue weighted by atomic mass is 10.3. The molecule has 0 aliphatic heterocycles. The number of carbonyl (C=O) groups is 1. The van der Waals surface area contributed by atoms with E-state index in [9.17, 15) is 18.0 Å². The Labute approximate surface area is 99.2 Å². The molecule has 1 aromatic rings. The molecule has 0 spiro atoms. The van der Waals surface area contributed by atoms with Crippen LogP contribution in [0.2, 0.25) is 5.02 Å². The van der Waals surface area contributed by atoms with Crippen molar-refractivity contribution in [1.82, 2.24) is 0 Å². The molecule has 0 heterocycles. The van der Waals surface area contributed by atoms with E-state index in [2.05, 4.69) is 0 Å². The first-order valence-electron chi connectivity index (χ1n) is 4.06. The lowest BCUT2D eigenvalue weighted by molar-refractivity contribution is -0.167. The molecular weight excluding hydrogens is 263 g/mol. The van der Waals surface area contributed by atoms with E-state index in [-0.39, 0.29) is 10.7 Å². The van der Waals surface area contributed by atoms with Gasteiger partial charge in [0.2, 0.25) is 0 Å². The molecule has 0 saturated heterocycles. The minimum atomic E-state index is -4.90. The van der Waals surface area contributed by atoms with Crippen molar-refractivity contribution in [1.29, 1.82) is 0 Å². The molecule has 0 aliphatic rings. The minimum absolute atomic E-state index is 0.0577. The molecule has 16 heavy (non-hydrogen) atoms. The summed E-state index contributed by atoms with van der Waals surface area (Å²) in [5.74, 6) is -2.01. The highest BCUT2D eigenvalue weighted by Gasteiger charge is 2.38. The van der Waals surface area contributed by atoms with E-state index in [0.717, 1.165) is 0 Å². The predicted molar refractivity (Wildman–Crippen MR) is 57.9 cm³/mol. The third-order valence-electron chi connectivity index (χ3n) is 1.67. The van der Waals surface area contributed by atoms with Crippen molar-refractivity contribution >= 4 is 35.0 Å². The molecule has 88 valence electrons. The fraction of sp³-hybridized carbons (Fsp3) is 0.222. The number of nitrogens with one attached hydrogen (secondary N) is 1. The molecule has 1 aromatic carbocycles. The van der Waals surface area contributed by atoms with Crippen LogP contribution in [0.4, 0.5) is 18.9 Å². The van der Waals surface area contributed by atoms with Crippen LogP contribution in [0.25, 0.3) is 0 Å². The first kappa shape index (κ1) is 13.2. The molecule has 0 unspecified atom stereocenters. The van der Waals surface area contributed by atoms with Gasteiger partial charge < -0.3 is 5.32 Å². The maximum Gasteiger partial charge on any atom is 0.471 e. The van der Waals surface area contributed by atoms with Crippen LogP contribution < -0.4 is 5.32 Å². The second-order valence-corrected chi connectivity index (χ2v) is 4.08. The smallest absolute Gasteiger partial charge is 0.317 e. The summed E-state index contributed by atoms with van der Waals surface area (Å²) in [6.07, 6.45) is -3.22. The highest BCUT2D eigenvalue weighted by atomic mass is 35.5. The molecule has 0 atom stereocenters. The van der Waals surface area contributed by atoms with Gasteiger partial charge in [0.1, 0.15) is 0 Å². The molecular formula is C9H7ClF3NOS. The third kappa shape index (κ3) is 3.31. The van der Waals surface area contributed by atoms with Crippen LogP contribution in [0.5, 0.6) is 0 Å². The van der Waals surface area contributed by atoms with E-state index in [1.54, 1.807) is 17.6 Å². The Morgan fingerprint density at radius 3 is 2.56 bits per heavy atom. The van der Waals surface area contributed by atoms with Gasteiger partial charge in [-0.2, -0.15) is 13.2 Å². The van der Waals surface area contributed by atoms with E-state index in [1.807, 2.05) is 0 Å². The number of anilines is 1. The van der Waals surface area contributed by atoms with Crippen LogP contribution in [0.1, 0.15) is 0 Å². The van der Waals surface area contributed by atoms with Gasteiger partial charge in [0.25, 0.3) is 0 Å². The molecule has 0 bridgehead atoms. The van der Waals surface area contributed by atoms with Crippen molar-refractivity contribution < 1.29 is 18.0 Å². The van der Waals surface area contributed by atoms with Crippen LogP contribution in [0, 0.1) is 0 Å². The molecule has 1 N–H and O–H groups in total. The van der Waals surface area contributed by atoms with Crippen molar-refractivity contribution in [3.05, 3.63) is 23.2 Å². The Hall–Kier alpha value is -0.880. The molecule has 0 saturated carbocycles. The monoisotopic (exact) mass is 269 g/mol. The molecule has 1 rings (SSSR count). The lowest BCUT2D eigenvalue weighted by Crippen LogP contribution is -2.30. The number of amides is 1. The number of benzene rings is 1. The van der Waals surface area contributed by atoms with Crippen molar-refractivity contribution in [3.8, 4) is 0 Å². The Kier molecular flexibility index (Phi) is 4.09. The summed E-state index contributed by atoms with van der Waals surface area (Å²) in [6.45, 7) is 0. The molecule has 0 aliphatic carbocycles. The van der Waals surface area contributed by atoms with Gasteiger partial charge in [-0.25, -0.2) is 0 Å². The maximum atomic E-state index is 12.0. The highest BCUT2D eigenvalue weighted by molar-refractivity contribution is 7.98. The lowest BCUT2D eigenvalue weighted by Gasteiger charge is -2.11. The van der Waals surface area contributed by atoms with Gasteiger partial charge in [-0.3, -0.25) is 4.79 Å². The number of hydrogen-bond donors (Lipinski definition) is 1. The zero-order valence-electron chi connectivity index (χ0n) is 8.06. The van der Waals surface area contributed by atoms with Crippen LogP contribution in [-0.2, 0) is 4.79 Å². The number of rotatable bonds is 2. The fourth-order valence-corrected chi connectivity index (χ4v) is 1.68. The largest absolute Gasteiger partial charge is 0.471 e. The highest BCUT2D eigenvalue weighted by Crippen LogP contribution is 2.29. The zero-order valence-corrected chi connectivity index (χ0v) is 9.63. The maximum absolute atomic E-state index is 12.0. The average molecular weight is 270 g/mol. The normalized spacial score (nSPS) is 11.3. The van der Waals surface area contributed by atoms with Crippen LogP contribution >= 0.6 is 23.4 Å². The van der Waals surface area contributed by atoms with Crippen LogP contribution in [0.3, 0.4) is 0 Å². The first-order chi connectivity index (χ1) is 7.34. The predicted octanol–water partition coefficient (Wildman–Crippen LogP) is 3.56. The van der Waals surface area contributed by atoms with Crippen molar-refractivity contribution in [2.45, 2.75) is 11.1 Å². The molecule has 0 radical (unpaired) electrons. The summed E-state index contributed by atoms with van der Waals surface area (Å²) >= 11 is 6.85. The van der Waals surface area contributed by atoms with Gasteiger partial charge in [0.15, 0.2) is 0 Å². The van der Waals surface area contributed by atoms with E-state index in [1.165, 1.54) is 23.9 Å². The number of hydrogen-bond acceptors (Lipinski definition) is 2. The molecule has 2 nitrogen and oxygen atoms in total. The molecule has 1 amide bonds. The Morgan fingerprint density at radius 2 is 2.06 bits per heavy atom. The number of carbonyl (C=O) groups excluding carboxylic acids is 1. The SMILES string of the molecule is CSc1ccc(Cl)cc1NC(=O)C(F)(F)F. The van der Waals surface area contributed by atoms with E-state index in [0.29, 0.717) is 4.90 Å². The quantitative estimate of drug-likeness (QED) is 0.832.